The molecule has 7 heteroatoms. The second-order valence-corrected chi connectivity index (χ2v) is 5.68. The van der Waals surface area contributed by atoms with Gasteiger partial charge in [-0.2, -0.15) is 5.10 Å². The lowest BCUT2D eigenvalue weighted by molar-refractivity contribution is -0.152. The minimum Gasteiger partial charge on any atom is -0.365 e. The molecule has 7 nitrogen and oxygen atoms in total. The number of carbonyl (C=O) groups excluding carboxylic acids is 1. The molecular formula is C13H21N5O2. The van der Waals surface area contributed by atoms with Crippen molar-refractivity contribution < 1.29 is 9.53 Å². The second kappa shape index (κ2) is 5.49. The summed E-state index contributed by atoms with van der Waals surface area (Å²) in [6.07, 6.45) is 3.34. The molecule has 3 rings (SSSR count). The van der Waals surface area contributed by atoms with E-state index < -0.39 is 5.60 Å². The molecule has 1 atom stereocenters. The lowest BCUT2D eigenvalue weighted by Crippen LogP contribution is -2.54. The number of amides is 1. The third kappa shape index (κ3) is 2.69. The van der Waals surface area contributed by atoms with E-state index in [-0.39, 0.29) is 5.91 Å². The maximum Gasteiger partial charge on any atom is 0.254 e. The number of hydrogen-bond donors (Lipinski definition) is 1. The predicted molar refractivity (Wildman–Crippen MR) is 71.8 cm³/mol. The van der Waals surface area contributed by atoms with Gasteiger partial charge in [0.25, 0.3) is 5.91 Å². The smallest absolute Gasteiger partial charge is 0.254 e. The Morgan fingerprint density at radius 1 is 1.45 bits per heavy atom. The number of aromatic nitrogens is 3. The third-order valence-corrected chi connectivity index (χ3v) is 4.17. The lowest BCUT2D eigenvalue weighted by atomic mass is 10.0. The molecule has 2 aliphatic heterocycles. The summed E-state index contributed by atoms with van der Waals surface area (Å²) in [6, 6.07) is 0. The summed E-state index contributed by atoms with van der Waals surface area (Å²) >= 11 is 0. The molecule has 0 aromatic carbocycles. The van der Waals surface area contributed by atoms with Crippen LogP contribution in [0.4, 0.5) is 0 Å². The predicted octanol–water partition coefficient (Wildman–Crippen LogP) is 0.0180. The molecule has 2 saturated heterocycles. The molecule has 0 spiro atoms. The molecule has 0 unspecified atom stereocenters. The molecule has 1 aromatic rings. The van der Waals surface area contributed by atoms with Crippen molar-refractivity contribution in [3.05, 3.63) is 12.2 Å². The molecule has 0 saturated carbocycles. The van der Waals surface area contributed by atoms with Crippen LogP contribution in [0.3, 0.4) is 0 Å². The summed E-state index contributed by atoms with van der Waals surface area (Å²) in [5, 5.41) is 6.71. The zero-order valence-corrected chi connectivity index (χ0v) is 11.8. The lowest BCUT2D eigenvalue weighted by Gasteiger charge is -2.37. The van der Waals surface area contributed by atoms with E-state index in [0.717, 1.165) is 51.4 Å². The van der Waals surface area contributed by atoms with Gasteiger partial charge in [-0.1, -0.05) is 0 Å². The van der Waals surface area contributed by atoms with E-state index in [1.54, 1.807) is 0 Å². The van der Waals surface area contributed by atoms with Crippen molar-refractivity contribution in [2.24, 2.45) is 0 Å². The van der Waals surface area contributed by atoms with E-state index in [2.05, 4.69) is 20.1 Å². The monoisotopic (exact) mass is 279 g/mol. The molecule has 1 N–H and O–H groups in total. The van der Waals surface area contributed by atoms with Crippen molar-refractivity contribution in [1.82, 2.24) is 25.0 Å². The second-order valence-electron chi connectivity index (χ2n) is 5.68. The number of nitrogens with one attached hydrogen (secondary N) is 1. The molecule has 110 valence electrons. The van der Waals surface area contributed by atoms with E-state index in [0.29, 0.717) is 6.61 Å². The summed E-state index contributed by atoms with van der Waals surface area (Å²) < 4.78 is 5.64. The van der Waals surface area contributed by atoms with Crippen LogP contribution >= 0.6 is 0 Å². The molecule has 20 heavy (non-hydrogen) atoms. The van der Waals surface area contributed by atoms with Gasteiger partial charge in [0.05, 0.1) is 6.54 Å². The highest BCUT2D eigenvalue weighted by Gasteiger charge is 2.41. The first-order valence-electron chi connectivity index (χ1n) is 7.17. The van der Waals surface area contributed by atoms with Crippen LogP contribution in [0, 0.1) is 0 Å². The highest BCUT2D eigenvalue weighted by molar-refractivity contribution is 5.85. The first kappa shape index (κ1) is 13.5. The quantitative estimate of drug-likeness (QED) is 0.844. The number of piperazine rings is 1. The largest absolute Gasteiger partial charge is 0.365 e. The molecule has 1 aromatic heterocycles. The van der Waals surface area contributed by atoms with Gasteiger partial charge >= 0.3 is 0 Å². The maximum atomic E-state index is 12.5. The highest BCUT2D eigenvalue weighted by Crippen LogP contribution is 2.27. The number of rotatable bonds is 3. The molecule has 2 aliphatic rings. The Morgan fingerprint density at radius 3 is 2.85 bits per heavy atom. The zero-order valence-electron chi connectivity index (χ0n) is 11.8. The molecule has 2 fully saturated rings. The summed E-state index contributed by atoms with van der Waals surface area (Å²) in [4.78, 5) is 20.8. The fourth-order valence-electron chi connectivity index (χ4n) is 2.91. The number of hydrogen-bond acceptors (Lipinski definition) is 5. The van der Waals surface area contributed by atoms with Crippen LogP contribution in [0.1, 0.15) is 25.6 Å². The number of ether oxygens (including phenoxy) is 1. The molecule has 0 bridgehead atoms. The summed E-state index contributed by atoms with van der Waals surface area (Å²) in [5.41, 5.74) is -0.590. The van der Waals surface area contributed by atoms with Crippen LogP contribution < -0.4 is 0 Å². The molecule has 1 amide bonds. The van der Waals surface area contributed by atoms with Gasteiger partial charge in [-0.15, -0.1) is 0 Å². The third-order valence-electron chi connectivity index (χ3n) is 4.17. The maximum absolute atomic E-state index is 12.5. The fourth-order valence-corrected chi connectivity index (χ4v) is 2.91. The van der Waals surface area contributed by atoms with E-state index in [4.69, 9.17) is 4.74 Å². The normalized spacial score (nSPS) is 27.9. The standard InChI is InChI=1S/C13H21N5O2/c1-13(3-2-8-20-13)12(19)18-6-4-17(5-7-18)9-11-14-10-15-16-11/h10H,2-9H2,1H3,(H,14,15,16)/t13-/m0/s1. The van der Waals surface area contributed by atoms with Crippen LogP contribution in [-0.4, -0.2) is 69.3 Å². The number of H-pyrrole nitrogens is 1. The van der Waals surface area contributed by atoms with Crippen molar-refractivity contribution in [2.45, 2.75) is 31.9 Å². The van der Waals surface area contributed by atoms with Crippen LogP contribution in [0.5, 0.6) is 0 Å². The zero-order chi connectivity index (χ0) is 14.0. The SMILES string of the molecule is C[C@@]1(C(=O)N2CCN(Cc3ncn[nH]3)CC2)CCCO1. The van der Waals surface area contributed by atoms with Gasteiger partial charge in [-0.05, 0) is 19.8 Å². The fraction of sp³-hybridized carbons (Fsp3) is 0.769. The van der Waals surface area contributed by atoms with E-state index in [1.165, 1.54) is 6.33 Å². The summed E-state index contributed by atoms with van der Waals surface area (Å²) in [7, 11) is 0. The topological polar surface area (TPSA) is 74.4 Å². The Hall–Kier alpha value is -1.47. The molecular weight excluding hydrogens is 258 g/mol. The van der Waals surface area contributed by atoms with Gasteiger partial charge in [-0.25, -0.2) is 4.98 Å². The molecule has 0 radical (unpaired) electrons. The molecule has 0 aliphatic carbocycles. The average Bonchev–Trinajstić information content (AvgIpc) is 3.11. The Labute approximate surface area is 118 Å². The number of carbonyl (C=O) groups is 1. The van der Waals surface area contributed by atoms with Crippen molar-refractivity contribution in [2.75, 3.05) is 32.8 Å². The van der Waals surface area contributed by atoms with Gasteiger partial charge in [0.1, 0.15) is 17.8 Å². The minimum atomic E-state index is -0.590. The Kier molecular flexibility index (Phi) is 3.71. The Morgan fingerprint density at radius 2 is 2.25 bits per heavy atom. The summed E-state index contributed by atoms with van der Waals surface area (Å²) in [5.74, 6) is 1.02. The van der Waals surface area contributed by atoms with Gasteiger partial charge in [-0.3, -0.25) is 14.8 Å². The number of nitrogens with zero attached hydrogens (tertiary/aromatic N) is 4. The van der Waals surface area contributed by atoms with Crippen LogP contribution in [0.25, 0.3) is 0 Å². The van der Waals surface area contributed by atoms with E-state index in [1.807, 2.05) is 11.8 Å². The van der Waals surface area contributed by atoms with Crippen LogP contribution in [-0.2, 0) is 16.1 Å². The van der Waals surface area contributed by atoms with Crippen molar-refractivity contribution in [3.8, 4) is 0 Å². The molecule has 3 heterocycles. The van der Waals surface area contributed by atoms with Gasteiger partial charge in [0.2, 0.25) is 0 Å². The first-order valence-corrected chi connectivity index (χ1v) is 7.17. The Bertz CT molecular complexity index is 447. The highest BCUT2D eigenvalue weighted by atomic mass is 16.5. The number of aromatic amines is 1. The van der Waals surface area contributed by atoms with Crippen LogP contribution in [0.2, 0.25) is 0 Å². The van der Waals surface area contributed by atoms with E-state index in [9.17, 15) is 4.79 Å². The van der Waals surface area contributed by atoms with E-state index >= 15 is 0 Å². The van der Waals surface area contributed by atoms with Crippen molar-refractivity contribution in [3.63, 3.8) is 0 Å². The van der Waals surface area contributed by atoms with Gasteiger partial charge < -0.3 is 9.64 Å². The van der Waals surface area contributed by atoms with Gasteiger partial charge in [0, 0.05) is 32.8 Å². The summed E-state index contributed by atoms with van der Waals surface area (Å²) in [6.45, 7) is 6.62. The van der Waals surface area contributed by atoms with Crippen molar-refractivity contribution in [1.29, 1.82) is 0 Å². The average molecular weight is 279 g/mol. The Balaban J connectivity index is 1.52. The van der Waals surface area contributed by atoms with Gasteiger partial charge in [0.15, 0.2) is 0 Å². The van der Waals surface area contributed by atoms with Crippen molar-refractivity contribution >= 4 is 5.91 Å². The first-order chi connectivity index (χ1) is 9.67. The minimum absolute atomic E-state index is 0.148. The van der Waals surface area contributed by atoms with Crippen LogP contribution in [0.15, 0.2) is 6.33 Å².